The first-order valence-corrected chi connectivity index (χ1v) is 14.0. The number of benzene rings is 2. The summed E-state index contributed by atoms with van der Waals surface area (Å²) in [4.78, 5) is 26.3. The van der Waals surface area contributed by atoms with Crippen LogP contribution >= 0.6 is 0 Å². The fraction of sp³-hybridized carbons (Fsp3) is 0.273. The van der Waals surface area contributed by atoms with Crippen LogP contribution in [0.1, 0.15) is 38.7 Å². The maximum Gasteiger partial charge on any atom is 0.308 e. The number of rotatable bonds is 7. The normalized spacial score (nSPS) is 17.1. The molecular formula is C33H34N6O2. The van der Waals surface area contributed by atoms with Crippen LogP contribution < -0.4 is 11.1 Å². The Morgan fingerprint density at radius 3 is 2.49 bits per heavy atom. The second-order valence-corrected chi connectivity index (χ2v) is 11.2. The third-order valence-corrected chi connectivity index (χ3v) is 8.03. The third kappa shape index (κ3) is 5.18. The SMILES string of the molecule is COC(=O)C1CCC(NC(C)(C)c2ccc(-n3c(-c4cccnc4N)nc4ccc(-c5ccccc5)nc43)cc2)C1. The van der Waals surface area contributed by atoms with E-state index in [0.29, 0.717) is 11.6 Å². The van der Waals surface area contributed by atoms with Crippen molar-refractivity contribution in [1.82, 2.24) is 24.8 Å². The van der Waals surface area contributed by atoms with E-state index in [2.05, 4.69) is 65.1 Å². The second-order valence-electron chi connectivity index (χ2n) is 11.2. The van der Waals surface area contributed by atoms with Crippen molar-refractivity contribution >= 4 is 23.0 Å². The largest absolute Gasteiger partial charge is 0.469 e. The Labute approximate surface area is 239 Å². The number of hydrogen-bond acceptors (Lipinski definition) is 7. The van der Waals surface area contributed by atoms with E-state index in [9.17, 15) is 4.79 Å². The van der Waals surface area contributed by atoms with Crippen LogP contribution in [0, 0.1) is 5.92 Å². The molecule has 1 fully saturated rings. The summed E-state index contributed by atoms with van der Waals surface area (Å²) in [5, 5.41) is 3.77. The smallest absolute Gasteiger partial charge is 0.308 e. The number of ether oxygens (including phenoxy) is 1. The molecule has 0 spiro atoms. The Morgan fingerprint density at radius 2 is 1.76 bits per heavy atom. The number of nitrogens with zero attached hydrogens (tertiary/aromatic N) is 4. The zero-order chi connectivity index (χ0) is 28.6. The predicted octanol–water partition coefficient (Wildman–Crippen LogP) is 5.90. The van der Waals surface area contributed by atoms with Crippen LogP contribution in [0.2, 0.25) is 0 Å². The molecule has 0 radical (unpaired) electrons. The first-order chi connectivity index (χ1) is 19.8. The average molecular weight is 547 g/mol. The second kappa shape index (κ2) is 10.8. The Morgan fingerprint density at radius 1 is 0.976 bits per heavy atom. The Kier molecular flexibility index (Phi) is 7.01. The number of aromatic nitrogens is 4. The minimum atomic E-state index is -0.291. The summed E-state index contributed by atoms with van der Waals surface area (Å²) < 4.78 is 7.02. The molecule has 3 heterocycles. The molecule has 2 aromatic carbocycles. The molecule has 208 valence electrons. The van der Waals surface area contributed by atoms with E-state index in [0.717, 1.165) is 58.5 Å². The molecule has 2 unspecified atom stereocenters. The predicted molar refractivity (Wildman–Crippen MR) is 161 cm³/mol. The van der Waals surface area contributed by atoms with Crippen molar-refractivity contribution in [3.8, 4) is 28.3 Å². The van der Waals surface area contributed by atoms with Gasteiger partial charge in [0.25, 0.3) is 0 Å². The van der Waals surface area contributed by atoms with Crippen molar-refractivity contribution in [3.05, 3.63) is 90.6 Å². The fourth-order valence-electron chi connectivity index (χ4n) is 5.87. The van der Waals surface area contributed by atoms with Gasteiger partial charge in [-0.1, -0.05) is 42.5 Å². The highest BCUT2D eigenvalue weighted by Gasteiger charge is 2.34. The number of methoxy groups -OCH3 is 1. The molecule has 3 aromatic heterocycles. The van der Waals surface area contributed by atoms with Gasteiger partial charge in [-0.05, 0) is 75.1 Å². The zero-order valence-corrected chi connectivity index (χ0v) is 23.5. The lowest BCUT2D eigenvalue weighted by molar-refractivity contribution is -0.145. The number of fused-ring (bicyclic) bond motifs is 1. The molecule has 5 aromatic rings. The summed E-state index contributed by atoms with van der Waals surface area (Å²) in [6, 6.07) is 26.6. The number of pyridine rings is 2. The monoisotopic (exact) mass is 546 g/mol. The van der Waals surface area contributed by atoms with Crippen LogP contribution in [0.25, 0.3) is 39.5 Å². The van der Waals surface area contributed by atoms with E-state index in [1.165, 1.54) is 7.11 Å². The molecule has 0 bridgehead atoms. The molecule has 1 aliphatic carbocycles. The van der Waals surface area contributed by atoms with Gasteiger partial charge in [-0.25, -0.2) is 15.0 Å². The lowest BCUT2D eigenvalue weighted by Gasteiger charge is -2.31. The molecule has 2 atom stereocenters. The van der Waals surface area contributed by atoms with Gasteiger partial charge in [0.2, 0.25) is 0 Å². The Hall–Kier alpha value is -4.56. The summed E-state index contributed by atoms with van der Waals surface area (Å²) in [6.07, 6.45) is 4.28. The lowest BCUT2D eigenvalue weighted by Crippen LogP contribution is -2.42. The first-order valence-electron chi connectivity index (χ1n) is 14.0. The van der Waals surface area contributed by atoms with Crippen LogP contribution in [0.4, 0.5) is 5.82 Å². The molecule has 6 rings (SSSR count). The molecule has 8 heteroatoms. The van der Waals surface area contributed by atoms with Gasteiger partial charge in [0, 0.05) is 29.0 Å². The minimum Gasteiger partial charge on any atom is -0.469 e. The third-order valence-electron chi connectivity index (χ3n) is 8.03. The van der Waals surface area contributed by atoms with Crippen molar-refractivity contribution in [3.63, 3.8) is 0 Å². The molecule has 3 N–H and O–H groups in total. The van der Waals surface area contributed by atoms with Gasteiger partial charge in [0.15, 0.2) is 11.5 Å². The van der Waals surface area contributed by atoms with Crippen LogP contribution in [-0.2, 0) is 15.1 Å². The number of carbonyl (C=O) groups excluding carboxylic acids is 1. The number of nitrogens with two attached hydrogens (primary N) is 1. The van der Waals surface area contributed by atoms with E-state index in [1.807, 2.05) is 42.5 Å². The van der Waals surface area contributed by atoms with Crippen molar-refractivity contribution in [1.29, 1.82) is 0 Å². The maximum atomic E-state index is 12.0. The highest BCUT2D eigenvalue weighted by Crippen LogP contribution is 2.34. The molecule has 0 saturated heterocycles. The summed E-state index contributed by atoms with van der Waals surface area (Å²) in [5.74, 6) is 0.958. The molecule has 1 aliphatic rings. The highest BCUT2D eigenvalue weighted by molar-refractivity contribution is 5.84. The van der Waals surface area contributed by atoms with Gasteiger partial charge < -0.3 is 15.8 Å². The van der Waals surface area contributed by atoms with Crippen LogP contribution in [0.3, 0.4) is 0 Å². The van der Waals surface area contributed by atoms with Crippen molar-refractivity contribution in [2.45, 2.75) is 44.7 Å². The van der Waals surface area contributed by atoms with Crippen LogP contribution in [-0.4, -0.2) is 38.6 Å². The molecule has 8 nitrogen and oxygen atoms in total. The number of imidazole rings is 1. The van der Waals surface area contributed by atoms with Gasteiger partial charge >= 0.3 is 5.97 Å². The average Bonchev–Trinajstić information content (AvgIpc) is 3.61. The standard InChI is InChI=1S/C33H34N6O2/c1-33(2,38-24-14-11-22(20-24)32(40)41-3)23-12-15-25(16-13-23)39-30(26-10-7-19-35-29(26)34)37-28-18-17-27(36-31(28)39)21-8-5-4-6-9-21/h4-10,12-13,15-19,22,24,38H,11,14,20H2,1-3H3,(H2,34,35). The van der Waals surface area contributed by atoms with Gasteiger partial charge in [-0.15, -0.1) is 0 Å². The molecule has 1 saturated carbocycles. The summed E-state index contributed by atoms with van der Waals surface area (Å²) in [6.45, 7) is 4.35. The van der Waals surface area contributed by atoms with Gasteiger partial charge in [-0.2, -0.15) is 0 Å². The summed E-state index contributed by atoms with van der Waals surface area (Å²) >= 11 is 0. The van der Waals surface area contributed by atoms with Crippen molar-refractivity contribution in [2.24, 2.45) is 5.92 Å². The highest BCUT2D eigenvalue weighted by atomic mass is 16.5. The summed E-state index contributed by atoms with van der Waals surface area (Å²) in [7, 11) is 1.46. The number of nitrogen functional groups attached to an aromatic ring is 1. The van der Waals surface area contributed by atoms with E-state index >= 15 is 0 Å². The molecule has 41 heavy (non-hydrogen) atoms. The van der Waals surface area contributed by atoms with Crippen LogP contribution in [0.5, 0.6) is 0 Å². The molecular weight excluding hydrogens is 512 g/mol. The molecule has 0 aliphatic heterocycles. The van der Waals surface area contributed by atoms with E-state index in [1.54, 1.807) is 6.20 Å². The van der Waals surface area contributed by atoms with Crippen molar-refractivity contribution < 1.29 is 9.53 Å². The van der Waals surface area contributed by atoms with E-state index in [4.69, 9.17) is 20.4 Å². The lowest BCUT2D eigenvalue weighted by atomic mass is 9.92. The summed E-state index contributed by atoms with van der Waals surface area (Å²) in [5.41, 5.74) is 12.3. The Bertz CT molecular complexity index is 1690. The number of nitrogens with one attached hydrogen (secondary N) is 1. The van der Waals surface area contributed by atoms with E-state index in [-0.39, 0.29) is 23.5 Å². The number of hydrogen-bond donors (Lipinski definition) is 2. The zero-order valence-electron chi connectivity index (χ0n) is 23.5. The minimum absolute atomic E-state index is 0.0307. The maximum absolute atomic E-state index is 12.0. The fourth-order valence-corrected chi connectivity index (χ4v) is 5.87. The first kappa shape index (κ1) is 26.7. The van der Waals surface area contributed by atoms with Crippen LogP contribution in [0.15, 0.2) is 85.1 Å². The quantitative estimate of drug-likeness (QED) is 0.245. The van der Waals surface area contributed by atoms with Gasteiger partial charge in [0.1, 0.15) is 11.3 Å². The van der Waals surface area contributed by atoms with Gasteiger partial charge in [-0.3, -0.25) is 9.36 Å². The van der Waals surface area contributed by atoms with Gasteiger partial charge in [0.05, 0.1) is 24.3 Å². The molecule has 0 amide bonds. The van der Waals surface area contributed by atoms with E-state index < -0.39 is 0 Å². The number of carbonyl (C=O) groups is 1. The number of anilines is 1. The topological polar surface area (TPSA) is 108 Å². The number of esters is 1. The Balaban J connectivity index is 1.38. The van der Waals surface area contributed by atoms with Crippen molar-refractivity contribution in [2.75, 3.05) is 12.8 Å².